The van der Waals surface area contributed by atoms with Gasteiger partial charge < -0.3 is 16.0 Å². The first-order valence-corrected chi connectivity index (χ1v) is 8.70. The Bertz CT molecular complexity index is 366. The maximum atomic E-state index is 12.4. The smallest absolute Gasteiger partial charge is 0.243 e. The van der Waals surface area contributed by atoms with Crippen molar-refractivity contribution in [3.8, 4) is 0 Å². The number of carbonyl (C=O) groups excluding carboxylic acids is 2. The number of nitrogens with zero attached hydrogens (tertiary/aromatic N) is 1. The molecule has 0 aromatic rings. The highest BCUT2D eigenvalue weighted by Crippen LogP contribution is 2.32. The molecule has 3 N–H and O–H groups in total. The summed E-state index contributed by atoms with van der Waals surface area (Å²) in [6.45, 7) is 2.55. The molecule has 1 saturated carbocycles. The van der Waals surface area contributed by atoms with Crippen LogP contribution in [0.4, 0.5) is 0 Å². The normalized spacial score (nSPS) is 22.6. The molecule has 2 atom stereocenters. The minimum atomic E-state index is -0.308. The summed E-state index contributed by atoms with van der Waals surface area (Å²) in [7, 11) is 0. The van der Waals surface area contributed by atoms with E-state index in [1.807, 2.05) is 0 Å². The third kappa shape index (κ3) is 5.04. The van der Waals surface area contributed by atoms with E-state index in [4.69, 9.17) is 5.73 Å². The van der Waals surface area contributed by atoms with Crippen molar-refractivity contribution in [3.05, 3.63) is 0 Å². The summed E-state index contributed by atoms with van der Waals surface area (Å²) in [5.74, 6) is 1.96. The van der Waals surface area contributed by atoms with Gasteiger partial charge in [0.15, 0.2) is 0 Å². The van der Waals surface area contributed by atoms with Gasteiger partial charge in [0.1, 0.15) is 6.04 Å². The van der Waals surface area contributed by atoms with Crippen LogP contribution in [0.1, 0.15) is 39.0 Å². The number of hydrogen-bond acceptors (Lipinski definition) is 4. The second-order valence-electron chi connectivity index (χ2n) is 5.67. The molecule has 0 aromatic carbocycles. The number of nitrogens with one attached hydrogen (secondary N) is 1. The van der Waals surface area contributed by atoms with Gasteiger partial charge in [-0.1, -0.05) is 13.3 Å². The van der Waals surface area contributed by atoms with Gasteiger partial charge in [-0.2, -0.15) is 0 Å². The van der Waals surface area contributed by atoms with Gasteiger partial charge in [0, 0.05) is 24.8 Å². The molecule has 1 saturated heterocycles. The van der Waals surface area contributed by atoms with E-state index < -0.39 is 0 Å². The summed E-state index contributed by atoms with van der Waals surface area (Å²) in [6, 6.07) is -0.224. The van der Waals surface area contributed by atoms with Crippen LogP contribution >= 0.6 is 24.2 Å². The molecule has 2 fully saturated rings. The van der Waals surface area contributed by atoms with Crippen LogP contribution in [0.3, 0.4) is 0 Å². The van der Waals surface area contributed by atoms with Crippen molar-refractivity contribution in [2.75, 3.05) is 18.2 Å². The maximum Gasteiger partial charge on any atom is 0.243 e. The average molecular weight is 336 g/mol. The predicted octanol–water partition coefficient (Wildman–Crippen LogP) is 1.35. The van der Waals surface area contributed by atoms with Gasteiger partial charge in [-0.25, -0.2) is 0 Å². The molecule has 2 amide bonds. The number of rotatable bonds is 7. The van der Waals surface area contributed by atoms with Crippen molar-refractivity contribution in [2.45, 2.75) is 51.1 Å². The lowest BCUT2D eigenvalue weighted by atomic mass is 10.1. The average Bonchev–Trinajstić information content (AvgIpc) is 3.17. The van der Waals surface area contributed by atoms with E-state index in [1.54, 1.807) is 16.7 Å². The summed E-state index contributed by atoms with van der Waals surface area (Å²) < 4.78 is 0. The molecular formula is C14H26ClN3O2S. The van der Waals surface area contributed by atoms with Gasteiger partial charge in [0.25, 0.3) is 0 Å². The fourth-order valence-electron chi connectivity index (χ4n) is 2.52. The second kappa shape index (κ2) is 8.86. The molecule has 2 unspecified atom stereocenters. The van der Waals surface area contributed by atoms with Crippen LogP contribution in [-0.4, -0.2) is 47.0 Å². The lowest BCUT2D eigenvalue weighted by Crippen LogP contribution is -2.52. The van der Waals surface area contributed by atoms with Crippen molar-refractivity contribution >= 4 is 36.0 Å². The SMILES string of the molecule is CCCCC(=O)N1CSCC1C(=O)NC(CN)C1CC1.Cl. The minimum absolute atomic E-state index is 0. The van der Waals surface area contributed by atoms with Crippen LogP contribution in [0.5, 0.6) is 0 Å². The summed E-state index contributed by atoms with van der Waals surface area (Å²) in [5.41, 5.74) is 5.72. The number of amides is 2. The number of hydrogen-bond donors (Lipinski definition) is 2. The molecule has 0 spiro atoms. The molecule has 2 aliphatic rings. The zero-order chi connectivity index (χ0) is 14.5. The fourth-order valence-corrected chi connectivity index (χ4v) is 3.70. The summed E-state index contributed by atoms with van der Waals surface area (Å²) in [6.07, 6.45) is 4.74. The largest absolute Gasteiger partial charge is 0.350 e. The number of carbonyl (C=O) groups is 2. The number of thioether (sulfide) groups is 1. The van der Waals surface area contributed by atoms with Crippen LogP contribution in [-0.2, 0) is 9.59 Å². The highest BCUT2D eigenvalue weighted by molar-refractivity contribution is 7.99. The quantitative estimate of drug-likeness (QED) is 0.736. The molecular weight excluding hydrogens is 310 g/mol. The molecule has 5 nitrogen and oxygen atoms in total. The molecule has 0 bridgehead atoms. The third-order valence-corrected chi connectivity index (χ3v) is 5.03. The Labute approximate surface area is 137 Å². The third-order valence-electron chi connectivity index (χ3n) is 4.02. The number of nitrogens with two attached hydrogens (primary N) is 1. The maximum absolute atomic E-state index is 12.4. The first-order chi connectivity index (χ1) is 9.67. The Morgan fingerprint density at radius 3 is 2.71 bits per heavy atom. The summed E-state index contributed by atoms with van der Waals surface area (Å²) >= 11 is 1.65. The highest BCUT2D eigenvalue weighted by Gasteiger charge is 2.37. The lowest BCUT2D eigenvalue weighted by molar-refractivity contribution is -0.138. The van der Waals surface area contributed by atoms with Crippen molar-refractivity contribution in [3.63, 3.8) is 0 Å². The Morgan fingerprint density at radius 1 is 1.43 bits per heavy atom. The van der Waals surface area contributed by atoms with E-state index in [9.17, 15) is 9.59 Å². The van der Waals surface area contributed by atoms with Crippen LogP contribution < -0.4 is 11.1 Å². The first-order valence-electron chi connectivity index (χ1n) is 7.55. The van der Waals surface area contributed by atoms with E-state index >= 15 is 0 Å². The molecule has 122 valence electrons. The second-order valence-corrected chi connectivity index (χ2v) is 6.67. The van der Waals surface area contributed by atoms with Crippen molar-refractivity contribution in [2.24, 2.45) is 11.7 Å². The standard InChI is InChI=1S/C14H25N3O2S.ClH/c1-2-3-4-13(18)17-9-20-8-12(17)14(19)16-11(7-15)10-5-6-10;/h10-12H,2-9,15H2,1H3,(H,16,19);1H. The predicted molar refractivity (Wildman–Crippen MR) is 88.4 cm³/mol. The lowest BCUT2D eigenvalue weighted by Gasteiger charge is -2.25. The van der Waals surface area contributed by atoms with Gasteiger partial charge in [-0.3, -0.25) is 9.59 Å². The Kier molecular flexibility index (Phi) is 7.84. The Hall–Kier alpha value is -0.460. The zero-order valence-corrected chi connectivity index (χ0v) is 14.2. The van der Waals surface area contributed by atoms with Crippen molar-refractivity contribution in [1.82, 2.24) is 10.2 Å². The summed E-state index contributed by atoms with van der Waals surface area (Å²) in [5, 5.41) is 3.04. The summed E-state index contributed by atoms with van der Waals surface area (Å²) in [4.78, 5) is 26.2. The molecule has 7 heteroatoms. The fraction of sp³-hybridized carbons (Fsp3) is 0.857. The van der Waals surface area contributed by atoms with Crippen LogP contribution in [0.15, 0.2) is 0 Å². The molecule has 1 aliphatic carbocycles. The van der Waals surface area contributed by atoms with Gasteiger partial charge in [-0.15, -0.1) is 24.2 Å². The van der Waals surface area contributed by atoms with E-state index in [2.05, 4.69) is 12.2 Å². The van der Waals surface area contributed by atoms with E-state index in [0.29, 0.717) is 30.5 Å². The van der Waals surface area contributed by atoms with Crippen LogP contribution in [0.2, 0.25) is 0 Å². The number of halogens is 1. The Balaban J connectivity index is 0.00000220. The molecule has 0 radical (unpaired) electrons. The number of unbranched alkanes of at least 4 members (excludes halogenated alkanes) is 1. The Morgan fingerprint density at radius 2 is 2.14 bits per heavy atom. The van der Waals surface area contributed by atoms with Crippen LogP contribution in [0, 0.1) is 5.92 Å². The van der Waals surface area contributed by atoms with Gasteiger partial charge >= 0.3 is 0 Å². The molecule has 21 heavy (non-hydrogen) atoms. The van der Waals surface area contributed by atoms with Gasteiger partial charge in [0.05, 0.1) is 5.88 Å². The molecule has 0 aromatic heterocycles. The molecule has 2 rings (SSSR count). The van der Waals surface area contributed by atoms with Crippen molar-refractivity contribution < 1.29 is 9.59 Å². The molecule has 1 aliphatic heterocycles. The van der Waals surface area contributed by atoms with Gasteiger partial charge in [0.2, 0.25) is 11.8 Å². The van der Waals surface area contributed by atoms with E-state index in [-0.39, 0.29) is 36.3 Å². The topological polar surface area (TPSA) is 75.4 Å². The van der Waals surface area contributed by atoms with E-state index in [0.717, 1.165) is 25.7 Å². The van der Waals surface area contributed by atoms with Crippen LogP contribution in [0.25, 0.3) is 0 Å². The first kappa shape index (κ1) is 18.6. The molecule has 1 heterocycles. The zero-order valence-electron chi connectivity index (χ0n) is 12.5. The van der Waals surface area contributed by atoms with Gasteiger partial charge in [-0.05, 0) is 25.2 Å². The highest BCUT2D eigenvalue weighted by atomic mass is 35.5. The van der Waals surface area contributed by atoms with E-state index in [1.165, 1.54) is 0 Å². The van der Waals surface area contributed by atoms with Crippen molar-refractivity contribution in [1.29, 1.82) is 0 Å². The monoisotopic (exact) mass is 335 g/mol. The minimum Gasteiger partial charge on any atom is -0.350 e.